The molecule has 2 aromatic carbocycles. The number of anilines is 1. The fraction of sp³-hybridized carbons (Fsp3) is 0.0556. The van der Waals surface area contributed by atoms with Gasteiger partial charge in [0, 0.05) is 16.7 Å². The van der Waals surface area contributed by atoms with Gasteiger partial charge < -0.3 is 4.74 Å². The molecule has 1 saturated heterocycles. The zero-order valence-corrected chi connectivity index (χ0v) is 13.5. The van der Waals surface area contributed by atoms with E-state index in [0.29, 0.717) is 16.3 Å². The van der Waals surface area contributed by atoms with E-state index >= 15 is 0 Å². The largest absolute Gasteiger partial charge is 0.419 e. The second-order valence-electron chi connectivity index (χ2n) is 5.21. The highest BCUT2D eigenvalue weighted by Gasteiger charge is 2.36. The van der Waals surface area contributed by atoms with E-state index < -0.39 is 11.7 Å². The van der Waals surface area contributed by atoms with Gasteiger partial charge in [0.05, 0.1) is 5.69 Å². The molecule has 24 heavy (non-hydrogen) atoms. The Bertz CT molecular complexity index is 872. The van der Waals surface area contributed by atoms with Crippen LogP contribution < -0.4 is 4.90 Å². The van der Waals surface area contributed by atoms with Gasteiger partial charge in [-0.05, 0) is 42.8 Å². The number of rotatable bonds is 3. The summed E-state index contributed by atoms with van der Waals surface area (Å²) in [6.45, 7) is 1.83. The lowest BCUT2D eigenvalue weighted by molar-refractivity contribution is -0.114. The molecular formula is C18H13ClN2O3. The number of ketones is 1. The van der Waals surface area contributed by atoms with Crippen LogP contribution in [0.4, 0.5) is 5.69 Å². The molecule has 1 N–H and O–H groups in total. The first-order valence-corrected chi connectivity index (χ1v) is 7.53. The highest BCUT2D eigenvalue weighted by atomic mass is 35.5. The van der Waals surface area contributed by atoms with Crippen molar-refractivity contribution in [1.29, 1.82) is 5.41 Å². The highest BCUT2D eigenvalue weighted by Crippen LogP contribution is 2.27. The Balaban J connectivity index is 1.90. The number of hydrogen-bond acceptors (Lipinski definition) is 4. The van der Waals surface area contributed by atoms with Crippen LogP contribution in [-0.4, -0.2) is 17.7 Å². The van der Waals surface area contributed by atoms with Crippen LogP contribution in [0.25, 0.3) is 0 Å². The van der Waals surface area contributed by atoms with E-state index in [-0.39, 0.29) is 11.8 Å². The van der Waals surface area contributed by atoms with Gasteiger partial charge in [-0.3, -0.25) is 15.0 Å². The van der Waals surface area contributed by atoms with Crippen molar-refractivity contribution < 1.29 is 14.3 Å². The van der Waals surface area contributed by atoms with Gasteiger partial charge in [-0.2, -0.15) is 0 Å². The van der Waals surface area contributed by atoms with Crippen molar-refractivity contribution in [2.45, 2.75) is 6.92 Å². The third-order valence-electron chi connectivity index (χ3n) is 3.57. The van der Waals surface area contributed by atoms with Crippen molar-refractivity contribution in [3.05, 3.63) is 76.5 Å². The number of amidine groups is 1. The molecule has 0 spiro atoms. The summed E-state index contributed by atoms with van der Waals surface area (Å²) in [4.78, 5) is 25.9. The molecule has 120 valence electrons. The van der Waals surface area contributed by atoms with Crippen LogP contribution in [0.1, 0.15) is 15.9 Å². The molecule has 0 saturated carbocycles. The van der Waals surface area contributed by atoms with E-state index in [2.05, 4.69) is 0 Å². The van der Waals surface area contributed by atoms with Crippen molar-refractivity contribution in [1.82, 2.24) is 0 Å². The number of amides is 1. The topological polar surface area (TPSA) is 70.5 Å². The number of ether oxygens (including phenoxy) is 1. The number of carbonyl (C=O) groups is 2. The number of allylic oxidation sites excluding steroid dienone is 1. The van der Waals surface area contributed by atoms with E-state index in [1.165, 1.54) is 0 Å². The van der Waals surface area contributed by atoms with Crippen molar-refractivity contribution in [2.75, 3.05) is 4.90 Å². The molecule has 1 amide bonds. The van der Waals surface area contributed by atoms with Gasteiger partial charge in [-0.15, -0.1) is 0 Å². The lowest BCUT2D eigenvalue weighted by Crippen LogP contribution is -2.29. The Morgan fingerprint density at radius 2 is 1.83 bits per heavy atom. The molecule has 0 bridgehead atoms. The summed E-state index contributed by atoms with van der Waals surface area (Å²) in [7, 11) is 0. The van der Waals surface area contributed by atoms with Gasteiger partial charge in [0.2, 0.25) is 5.76 Å². The normalized spacial score (nSPS) is 15.8. The molecule has 2 aromatic rings. The summed E-state index contributed by atoms with van der Waals surface area (Å²) in [5.41, 5.74) is 1.75. The number of hydrogen-bond donors (Lipinski definition) is 1. The summed E-state index contributed by atoms with van der Waals surface area (Å²) in [5, 5.41) is 8.40. The fourth-order valence-electron chi connectivity index (χ4n) is 2.34. The Morgan fingerprint density at radius 3 is 2.50 bits per heavy atom. The SMILES string of the molecule is Cc1ccccc1N1C(=N)O/C(=C\C(=O)c2ccc(Cl)cc2)C1=O. The molecule has 0 aromatic heterocycles. The molecular weight excluding hydrogens is 328 g/mol. The molecule has 0 unspecified atom stereocenters. The number of nitrogens with zero attached hydrogens (tertiary/aromatic N) is 1. The van der Waals surface area contributed by atoms with E-state index in [9.17, 15) is 9.59 Å². The van der Waals surface area contributed by atoms with Gasteiger partial charge in [0.15, 0.2) is 5.78 Å². The summed E-state index contributed by atoms with van der Waals surface area (Å²) in [6, 6.07) is 13.1. The summed E-state index contributed by atoms with van der Waals surface area (Å²) < 4.78 is 5.19. The maximum atomic E-state index is 12.5. The summed E-state index contributed by atoms with van der Waals surface area (Å²) in [6.07, 6.45) is 1.10. The predicted octanol–water partition coefficient (Wildman–Crippen LogP) is 3.71. The van der Waals surface area contributed by atoms with Gasteiger partial charge in [0.25, 0.3) is 0 Å². The number of carbonyl (C=O) groups excluding carboxylic acids is 2. The van der Waals surface area contributed by atoms with Crippen molar-refractivity contribution in [3.8, 4) is 0 Å². The molecule has 0 aliphatic carbocycles. The number of benzene rings is 2. The van der Waals surface area contributed by atoms with Crippen molar-refractivity contribution >= 4 is 35.0 Å². The smallest absolute Gasteiger partial charge is 0.302 e. The standard InChI is InChI=1S/C18H13ClN2O3/c1-11-4-2-3-5-14(11)21-17(23)16(24-18(21)20)10-15(22)12-6-8-13(19)9-7-12/h2-10,20H,1H3/b16-10-,20-18?. The molecule has 1 aliphatic heterocycles. The van der Waals surface area contributed by atoms with E-state index in [4.69, 9.17) is 21.7 Å². The Hall–Kier alpha value is -2.92. The lowest BCUT2D eigenvalue weighted by atomic mass is 10.1. The number of nitrogens with one attached hydrogen (secondary N) is 1. The minimum atomic E-state index is -0.545. The average Bonchev–Trinajstić information content (AvgIpc) is 2.83. The zero-order valence-electron chi connectivity index (χ0n) is 12.7. The van der Waals surface area contributed by atoms with Crippen molar-refractivity contribution in [2.24, 2.45) is 0 Å². The maximum Gasteiger partial charge on any atom is 0.302 e. The van der Waals surface area contributed by atoms with E-state index in [1.54, 1.807) is 36.4 Å². The van der Waals surface area contributed by atoms with E-state index in [0.717, 1.165) is 16.5 Å². The zero-order chi connectivity index (χ0) is 17.3. The molecule has 0 atom stereocenters. The number of halogens is 1. The van der Waals surface area contributed by atoms with Crippen LogP contribution in [0.3, 0.4) is 0 Å². The Kier molecular flexibility index (Phi) is 4.18. The van der Waals surface area contributed by atoms with Crippen LogP contribution in [0, 0.1) is 12.3 Å². The van der Waals surface area contributed by atoms with Crippen LogP contribution in [0.15, 0.2) is 60.4 Å². The van der Waals surface area contributed by atoms with Crippen LogP contribution >= 0.6 is 11.6 Å². The van der Waals surface area contributed by atoms with Gasteiger partial charge in [-0.25, -0.2) is 4.90 Å². The second kappa shape index (κ2) is 6.29. The minimum absolute atomic E-state index is 0.178. The van der Waals surface area contributed by atoms with Crippen LogP contribution in [-0.2, 0) is 9.53 Å². The van der Waals surface area contributed by atoms with Crippen LogP contribution in [0.2, 0.25) is 5.02 Å². The minimum Gasteiger partial charge on any atom is -0.419 e. The van der Waals surface area contributed by atoms with E-state index in [1.807, 2.05) is 19.1 Å². The first kappa shape index (κ1) is 16.0. The van der Waals surface area contributed by atoms with Gasteiger partial charge in [-0.1, -0.05) is 29.8 Å². The number of para-hydroxylation sites is 1. The summed E-state index contributed by atoms with van der Waals surface area (Å²) in [5.74, 6) is -1.12. The fourth-order valence-corrected chi connectivity index (χ4v) is 2.46. The first-order chi connectivity index (χ1) is 11.5. The quantitative estimate of drug-likeness (QED) is 0.684. The molecule has 3 rings (SSSR count). The van der Waals surface area contributed by atoms with Crippen molar-refractivity contribution in [3.63, 3.8) is 0 Å². The number of aryl methyl sites for hydroxylation is 1. The molecule has 1 aliphatic rings. The molecule has 0 radical (unpaired) electrons. The van der Waals surface area contributed by atoms with Gasteiger partial charge >= 0.3 is 11.9 Å². The average molecular weight is 341 g/mol. The van der Waals surface area contributed by atoms with Gasteiger partial charge in [0.1, 0.15) is 0 Å². The monoisotopic (exact) mass is 340 g/mol. The molecule has 5 nitrogen and oxygen atoms in total. The summed E-state index contributed by atoms with van der Waals surface area (Å²) >= 11 is 5.79. The highest BCUT2D eigenvalue weighted by molar-refractivity contribution is 6.30. The molecule has 6 heteroatoms. The third-order valence-corrected chi connectivity index (χ3v) is 3.82. The Labute approximate surface area is 143 Å². The lowest BCUT2D eigenvalue weighted by Gasteiger charge is -2.14. The second-order valence-corrected chi connectivity index (χ2v) is 5.65. The third kappa shape index (κ3) is 2.94. The van der Waals surface area contributed by atoms with Crippen LogP contribution in [0.5, 0.6) is 0 Å². The Morgan fingerprint density at radius 1 is 1.17 bits per heavy atom. The molecule has 1 heterocycles. The predicted molar refractivity (Wildman–Crippen MR) is 91.3 cm³/mol. The first-order valence-electron chi connectivity index (χ1n) is 7.15. The molecule has 1 fully saturated rings. The maximum absolute atomic E-state index is 12.5.